The zero-order valence-electron chi connectivity index (χ0n) is 5.81. The van der Waals surface area contributed by atoms with Crippen LogP contribution in [-0.2, 0) is 21.1 Å². The first-order valence-electron chi connectivity index (χ1n) is 2.12. The van der Waals surface area contributed by atoms with Crippen molar-refractivity contribution in [2.24, 2.45) is 0 Å². The third kappa shape index (κ3) is 647. The Labute approximate surface area is 81.1 Å². The molecule has 0 amide bonds. The SMILES string of the molecule is CCO.O=[N+]([O-])[O-].O=[N+]([O-])[O-].[Pt+2]. The van der Waals surface area contributed by atoms with Gasteiger partial charge in [-0.25, -0.2) is 0 Å². The normalized spacial score (nSPS) is 5.50. The molecule has 0 aliphatic carbocycles. The van der Waals surface area contributed by atoms with Gasteiger partial charge in [-0.2, -0.15) is 0 Å². The van der Waals surface area contributed by atoms with E-state index in [9.17, 15) is 0 Å². The monoisotopic (exact) mass is 365 g/mol. The van der Waals surface area contributed by atoms with Gasteiger partial charge in [0.05, 0.1) is 10.2 Å². The molecule has 10 heteroatoms. The Morgan fingerprint density at radius 3 is 1.08 bits per heavy atom. The summed E-state index contributed by atoms with van der Waals surface area (Å²) < 4.78 is 0. The maximum absolute atomic E-state index is 8.25. The van der Waals surface area contributed by atoms with E-state index in [2.05, 4.69) is 0 Å². The van der Waals surface area contributed by atoms with Gasteiger partial charge in [-0.1, -0.05) is 0 Å². The molecule has 0 aromatic carbocycles. The maximum atomic E-state index is 8.25. The van der Waals surface area contributed by atoms with Crippen LogP contribution in [0.2, 0.25) is 0 Å². The van der Waals surface area contributed by atoms with Crippen molar-refractivity contribution < 1.29 is 36.3 Å². The van der Waals surface area contributed by atoms with Crippen LogP contribution in [0.15, 0.2) is 0 Å². The maximum Gasteiger partial charge on any atom is 2.00 e. The van der Waals surface area contributed by atoms with E-state index in [4.69, 9.17) is 35.7 Å². The molecule has 0 aromatic rings. The molecule has 0 rings (SSSR count). The molecular weight excluding hydrogens is 359 g/mol. The van der Waals surface area contributed by atoms with Gasteiger partial charge in [0.2, 0.25) is 0 Å². The summed E-state index contributed by atoms with van der Waals surface area (Å²) in [5.41, 5.74) is 0. The Balaban J connectivity index is -0.0000000389. The van der Waals surface area contributed by atoms with Crippen LogP contribution < -0.4 is 0 Å². The molecule has 0 aliphatic heterocycles. The molecule has 0 fully saturated rings. The zero-order chi connectivity index (χ0) is 9.86. The first-order valence-corrected chi connectivity index (χ1v) is 2.12. The topological polar surface area (TPSA) is 153 Å². The zero-order valence-corrected chi connectivity index (χ0v) is 8.09. The molecule has 1 N–H and O–H groups in total. The van der Waals surface area contributed by atoms with E-state index in [-0.39, 0.29) is 27.7 Å². The fraction of sp³-hybridized carbons (Fsp3) is 1.00. The summed E-state index contributed by atoms with van der Waals surface area (Å²) in [7, 11) is 0. The van der Waals surface area contributed by atoms with Crippen molar-refractivity contribution in [2.45, 2.75) is 6.92 Å². The number of hydrogen-bond acceptors (Lipinski definition) is 7. The van der Waals surface area contributed by atoms with E-state index < -0.39 is 10.2 Å². The minimum absolute atomic E-state index is 0. The van der Waals surface area contributed by atoms with Crippen LogP contribution in [0.3, 0.4) is 0 Å². The molecule has 0 aromatic heterocycles. The van der Waals surface area contributed by atoms with Gasteiger partial charge in [0, 0.05) is 6.61 Å². The average molecular weight is 365 g/mol. The minimum Gasteiger partial charge on any atom is -0.397 e. The standard InChI is InChI=1S/C2H6O.2NO3.Pt/c1-2-3;2*2-1(3)4;/h3H,2H2,1H3;;;/q;2*-1;+2. The van der Waals surface area contributed by atoms with E-state index in [1.807, 2.05) is 0 Å². The van der Waals surface area contributed by atoms with E-state index in [0.29, 0.717) is 0 Å². The van der Waals surface area contributed by atoms with Crippen molar-refractivity contribution >= 4 is 0 Å². The number of aliphatic hydroxyl groups excluding tert-OH is 1. The molecule has 0 spiro atoms. The number of rotatable bonds is 0. The molecule has 0 atom stereocenters. The van der Waals surface area contributed by atoms with Gasteiger partial charge >= 0.3 is 21.1 Å². The van der Waals surface area contributed by atoms with Crippen LogP contribution in [0.5, 0.6) is 0 Å². The molecule has 76 valence electrons. The third-order valence-electron chi connectivity index (χ3n) is 0. The number of aliphatic hydroxyl groups is 1. The molecule has 12 heavy (non-hydrogen) atoms. The van der Waals surface area contributed by atoms with Crippen molar-refractivity contribution in [3.63, 3.8) is 0 Å². The first kappa shape index (κ1) is 22.5. The van der Waals surface area contributed by atoms with E-state index >= 15 is 0 Å². The van der Waals surface area contributed by atoms with Crippen molar-refractivity contribution in [1.29, 1.82) is 0 Å². The second-order valence-electron chi connectivity index (χ2n) is 0.763. The van der Waals surface area contributed by atoms with Crippen LogP contribution in [0.25, 0.3) is 0 Å². The number of nitrogens with zero attached hydrogens (tertiary/aromatic N) is 2. The van der Waals surface area contributed by atoms with E-state index in [1.54, 1.807) is 6.92 Å². The molecule has 0 saturated heterocycles. The summed E-state index contributed by atoms with van der Waals surface area (Å²) >= 11 is 0. The van der Waals surface area contributed by atoms with Gasteiger partial charge in [0.15, 0.2) is 0 Å². The fourth-order valence-corrected chi connectivity index (χ4v) is 0. The minimum atomic E-state index is -1.75. The Bertz CT molecular complexity index is 87.6. The average Bonchev–Trinajstić information content (AvgIpc) is 1.60. The quantitative estimate of drug-likeness (QED) is 0.449. The largest absolute Gasteiger partial charge is 2.00 e. The van der Waals surface area contributed by atoms with E-state index in [0.717, 1.165) is 0 Å². The Morgan fingerprint density at radius 2 is 1.08 bits per heavy atom. The van der Waals surface area contributed by atoms with Crippen molar-refractivity contribution in [3.05, 3.63) is 30.6 Å². The van der Waals surface area contributed by atoms with Gasteiger partial charge in [-0.3, -0.25) is 0 Å². The third-order valence-corrected chi connectivity index (χ3v) is 0. The molecule has 0 aliphatic rings. The van der Waals surface area contributed by atoms with Crippen molar-refractivity contribution in [2.75, 3.05) is 6.61 Å². The number of hydrogen-bond donors (Lipinski definition) is 1. The van der Waals surface area contributed by atoms with Crippen molar-refractivity contribution in [1.82, 2.24) is 0 Å². The van der Waals surface area contributed by atoms with Gasteiger partial charge in [0.25, 0.3) is 0 Å². The molecule has 0 heterocycles. The van der Waals surface area contributed by atoms with E-state index in [1.165, 1.54) is 0 Å². The van der Waals surface area contributed by atoms with Crippen LogP contribution in [0, 0.1) is 30.6 Å². The summed E-state index contributed by atoms with van der Waals surface area (Å²) in [4.78, 5) is 16.5. The molecule has 0 unspecified atom stereocenters. The second kappa shape index (κ2) is 22.5. The van der Waals surface area contributed by atoms with Crippen LogP contribution >= 0.6 is 0 Å². The molecular formula is C2H6N2O7Pt. The predicted molar refractivity (Wildman–Crippen MR) is 33.5 cm³/mol. The first-order chi connectivity index (χ1) is 4.88. The van der Waals surface area contributed by atoms with Crippen molar-refractivity contribution in [3.8, 4) is 0 Å². The summed E-state index contributed by atoms with van der Waals surface area (Å²) in [6.45, 7) is 1.93. The Kier molecular flexibility index (Phi) is 42.1. The molecule has 9 nitrogen and oxygen atoms in total. The van der Waals surface area contributed by atoms with Crippen LogP contribution in [0.4, 0.5) is 0 Å². The Hall–Kier alpha value is -0.952. The summed E-state index contributed by atoms with van der Waals surface area (Å²) in [5, 5.41) is 37.1. The molecule has 0 saturated carbocycles. The summed E-state index contributed by atoms with van der Waals surface area (Å²) in [5.74, 6) is 0. The van der Waals surface area contributed by atoms with Gasteiger partial charge in [0.1, 0.15) is 0 Å². The second-order valence-corrected chi connectivity index (χ2v) is 0.763. The van der Waals surface area contributed by atoms with Crippen LogP contribution in [0.1, 0.15) is 6.92 Å². The summed E-state index contributed by atoms with van der Waals surface area (Å²) in [6, 6.07) is 0. The summed E-state index contributed by atoms with van der Waals surface area (Å²) in [6.07, 6.45) is 0. The van der Waals surface area contributed by atoms with Crippen LogP contribution in [-0.4, -0.2) is 21.9 Å². The molecule has 0 radical (unpaired) electrons. The Morgan fingerprint density at radius 1 is 1.08 bits per heavy atom. The van der Waals surface area contributed by atoms with Gasteiger partial charge < -0.3 is 35.7 Å². The molecule has 0 bridgehead atoms. The smallest absolute Gasteiger partial charge is 0.397 e. The van der Waals surface area contributed by atoms with Gasteiger partial charge in [-0.05, 0) is 6.92 Å². The predicted octanol–water partition coefficient (Wildman–Crippen LogP) is -0.482. The fourth-order valence-electron chi connectivity index (χ4n) is 0. The van der Waals surface area contributed by atoms with Gasteiger partial charge in [-0.15, -0.1) is 0 Å².